The fourth-order valence-corrected chi connectivity index (χ4v) is 4.11. The molecule has 1 N–H and O–H groups in total. The fraction of sp³-hybridized carbons (Fsp3) is 0.750. The van der Waals surface area contributed by atoms with E-state index in [1.165, 1.54) is 25.7 Å². The quantitative estimate of drug-likeness (QED) is 0.925. The zero-order valence-electron chi connectivity index (χ0n) is 13.3. The van der Waals surface area contributed by atoms with Crippen LogP contribution in [0.5, 0.6) is 0 Å². The molecule has 0 amide bonds. The van der Waals surface area contributed by atoms with Crippen molar-refractivity contribution < 1.29 is 9.90 Å². The van der Waals surface area contributed by atoms with Gasteiger partial charge in [0.25, 0.3) is 0 Å². The zero-order valence-corrected chi connectivity index (χ0v) is 14.1. The zero-order chi connectivity index (χ0) is 15.5. The first-order chi connectivity index (χ1) is 9.86. The molecule has 0 aromatic carbocycles. The van der Waals surface area contributed by atoms with Crippen molar-refractivity contribution >= 4 is 17.3 Å². The van der Waals surface area contributed by atoms with Crippen molar-refractivity contribution in [2.24, 2.45) is 0 Å². The van der Waals surface area contributed by atoms with Crippen molar-refractivity contribution in [3.05, 3.63) is 15.6 Å². The van der Waals surface area contributed by atoms with Crippen LogP contribution < -0.4 is 0 Å². The van der Waals surface area contributed by atoms with Crippen LogP contribution in [-0.2, 0) is 23.2 Å². The smallest absolute Gasteiger partial charge is 0.308 e. The van der Waals surface area contributed by atoms with Crippen LogP contribution in [0.2, 0.25) is 0 Å². The van der Waals surface area contributed by atoms with E-state index in [-0.39, 0.29) is 11.8 Å². The van der Waals surface area contributed by atoms with Crippen molar-refractivity contribution in [3.8, 4) is 0 Å². The number of hydrogen-bond donors (Lipinski definition) is 1. The van der Waals surface area contributed by atoms with Crippen molar-refractivity contribution in [1.82, 2.24) is 9.88 Å². The van der Waals surface area contributed by atoms with Crippen LogP contribution in [-0.4, -0.2) is 34.0 Å². The van der Waals surface area contributed by atoms with Gasteiger partial charge in [0, 0.05) is 10.3 Å². The van der Waals surface area contributed by atoms with E-state index in [4.69, 9.17) is 10.1 Å². The van der Waals surface area contributed by atoms with Crippen molar-refractivity contribution in [2.75, 3.05) is 13.1 Å². The van der Waals surface area contributed by atoms with Gasteiger partial charge >= 0.3 is 5.97 Å². The summed E-state index contributed by atoms with van der Waals surface area (Å²) in [6.45, 7) is 9.44. The molecular weight excluding hydrogens is 284 g/mol. The van der Waals surface area contributed by atoms with E-state index in [0.29, 0.717) is 0 Å². The standard InChI is InChI=1S/C16H26N2O2S/c1-16(2,3)15-12(10-14(19)20)21-13(17-15)11-18-8-6-4-5-7-9-18/h4-11H2,1-3H3,(H,19,20). The van der Waals surface area contributed by atoms with Crippen LogP contribution in [0.3, 0.4) is 0 Å². The molecular formula is C16H26N2O2S. The number of carboxylic acids is 1. The third-order valence-corrected chi connectivity index (χ3v) is 4.86. The Morgan fingerprint density at radius 2 is 1.86 bits per heavy atom. The summed E-state index contributed by atoms with van der Waals surface area (Å²) >= 11 is 1.58. The largest absolute Gasteiger partial charge is 0.481 e. The van der Waals surface area contributed by atoms with Crippen LogP contribution >= 0.6 is 11.3 Å². The Morgan fingerprint density at radius 3 is 2.38 bits per heavy atom. The third kappa shape index (κ3) is 4.78. The molecule has 4 nitrogen and oxygen atoms in total. The molecule has 21 heavy (non-hydrogen) atoms. The number of nitrogens with zero attached hydrogens (tertiary/aromatic N) is 2. The molecule has 0 aliphatic carbocycles. The Balaban J connectivity index is 2.15. The Hall–Kier alpha value is -0.940. The van der Waals surface area contributed by atoms with E-state index in [9.17, 15) is 4.79 Å². The second-order valence-electron chi connectivity index (χ2n) is 6.89. The summed E-state index contributed by atoms with van der Waals surface area (Å²) in [5.74, 6) is -0.773. The van der Waals surface area contributed by atoms with Gasteiger partial charge in [-0.2, -0.15) is 0 Å². The van der Waals surface area contributed by atoms with Gasteiger partial charge in [0.05, 0.1) is 18.7 Å². The predicted molar refractivity (Wildman–Crippen MR) is 85.9 cm³/mol. The van der Waals surface area contributed by atoms with Gasteiger partial charge in [-0.15, -0.1) is 11.3 Å². The lowest BCUT2D eigenvalue weighted by Crippen LogP contribution is -2.24. The first-order valence-electron chi connectivity index (χ1n) is 7.79. The van der Waals surface area contributed by atoms with Gasteiger partial charge in [-0.1, -0.05) is 33.6 Å². The molecule has 0 spiro atoms. The number of carboxylic acid groups (broad SMARTS) is 1. The van der Waals surface area contributed by atoms with Crippen LogP contribution in [0.25, 0.3) is 0 Å². The summed E-state index contributed by atoms with van der Waals surface area (Å²) < 4.78 is 0. The number of thiazole rings is 1. The van der Waals surface area contributed by atoms with E-state index in [2.05, 4.69) is 25.7 Å². The minimum absolute atomic E-state index is 0.0876. The van der Waals surface area contributed by atoms with E-state index >= 15 is 0 Å². The molecule has 118 valence electrons. The number of hydrogen-bond acceptors (Lipinski definition) is 4. The van der Waals surface area contributed by atoms with Gasteiger partial charge in [0.1, 0.15) is 5.01 Å². The minimum Gasteiger partial charge on any atom is -0.481 e. The highest BCUT2D eigenvalue weighted by atomic mass is 32.1. The van der Waals surface area contributed by atoms with E-state index in [1.54, 1.807) is 11.3 Å². The second-order valence-corrected chi connectivity index (χ2v) is 8.06. The Morgan fingerprint density at radius 1 is 1.24 bits per heavy atom. The molecule has 1 saturated heterocycles. The summed E-state index contributed by atoms with van der Waals surface area (Å²) in [6.07, 6.45) is 5.26. The molecule has 2 rings (SSSR count). The summed E-state index contributed by atoms with van der Waals surface area (Å²) in [4.78, 5) is 19.2. The van der Waals surface area contributed by atoms with Gasteiger partial charge in [0.2, 0.25) is 0 Å². The number of aliphatic carboxylic acids is 1. The average molecular weight is 310 g/mol. The molecule has 0 radical (unpaired) electrons. The van der Waals surface area contributed by atoms with Gasteiger partial charge < -0.3 is 5.11 Å². The van der Waals surface area contributed by atoms with Gasteiger partial charge in [-0.05, 0) is 25.9 Å². The predicted octanol–water partition coefficient (Wildman–Crippen LogP) is 3.44. The second kappa shape index (κ2) is 6.88. The molecule has 1 fully saturated rings. The van der Waals surface area contributed by atoms with E-state index in [0.717, 1.165) is 35.2 Å². The first kappa shape index (κ1) is 16.4. The number of carbonyl (C=O) groups is 1. The number of aromatic nitrogens is 1. The number of likely N-dealkylation sites (tertiary alicyclic amines) is 1. The average Bonchev–Trinajstić information content (AvgIpc) is 2.58. The summed E-state index contributed by atoms with van der Waals surface area (Å²) in [5, 5.41) is 10.2. The summed E-state index contributed by atoms with van der Waals surface area (Å²) in [6, 6.07) is 0. The Bertz CT molecular complexity index is 483. The van der Waals surface area contributed by atoms with Gasteiger partial charge in [-0.3, -0.25) is 9.69 Å². The fourth-order valence-electron chi connectivity index (χ4n) is 2.80. The van der Waals surface area contributed by atoms with Crippen LogP contribution in [0, 0.1) is 0 Å². The van der Waals surface area contributed by atoms with Crippen molar-refractivity contribution in [3.63, 3.8) is 0 Å². The van der Waals surface area contributed by atoms with Crippen molar-refractivity contribution in [2.45, 2.75) is 64.8 Å². The monoisotopic (exact) mass is 310 g/mol. The maximum Gasteiger partial charge on any atom is 0.308 e. The molecule has 0 saturated carbocycles. The Labute approximate surface area is 131 Å². The van der Waals surface area contributed by atoms with Crippen LogP contribution in [0.1, 0.15) is 62.0 Å². The molecule has 1 aliphatic heterocycles. The highest BCUT2D eigenvalue weighted by molar-refractivity contribution is 7.11. The SMILES string of the molecule is CC(C)(C)c1nc(CN2CCCCCC2)sc1CC(=O)O. The summed E-state index contributed by atoms with van der Waals surface area (Å²) in [7, 11) is 0. The molecule has 0 atom stereocenters. The van der Waals surface area contributed by atoms with Crippen LogP contribution in [0.4, 0.5) is 0 Å². The first-order valence-corrected chi connectivity index (χ1v) is 8.61. The van der Waals surface area contributed by atoms with Gasteiger partial charge in [0.15, 0.2) is 0 Å². The van der Waals surface area contributed by atoms with Gasteiger partial charge in [-0.25, -0.2) is 4.98 Å². The van der Waals surface area contributed by atoms with E-state index < -0.39 is 5.97 Å². The lowest BCUT2D eigenvalue weighted by Gasteiger charge is -2.18. The molecule has 1 aromatic heterocycles. The summed E-state index contributed by atoms with van der Waals surface area (Å²) in [5.41, 5.74) is 0.859. The molecule has 2 heterocycles. The normalized spacial score (nSPS) is 17.7. The maximum atomic E-state index is 11.1. The highest BCUT2D eigenvalue weighted by Gasteiger charge is 2.25. The van der Waals surface area contributed by atoms with Crippen molar-refractivity contribution in [1.29, 1.82) is 0 Å². The lowest BCUT2D eigenvalue weighted by atomic mass is 9.91. The molecule has 1 aromatic rings. The number of rotatable bonds is 4. The molecule has 5 heteroatoms. The Kier molecular flexibility index (Phi) is 5.38. The molecule has 1 aliphatic rings. The third-order valence-electron chi connectivity index (χ3n) is 3.82. The van der Waals surface area contributed by atoms with Crippen LogP contribution in [0.15, 0.2) is 0 Å². The molecule has 0 unspecified atom stereocenters. The maximum absolute atomic E-state index is 11.1. The minimum atomic E-state index is -0.773. The topological polar surface area (TPSA) is 53.4 Å². The lowest BCUT2D eigenvalue weighted by molar-refractivity contribution is -0.136. The van der Waals surface area contributed by atoms with E-state index in [1.807, 2.05) is 0 Å². The highest BCUT2D eigenvalue weighted by Crippen LogP contribution is 2.31. The molecule has 0 bridgehead atoms.